The molecule has 2 aromatic rings. The summed E-state index contributed by atoms with van der Waals surface area (Å²) in [4.78, 5) is 0. The summed E-state index contributed by atoms with van der Waals surface area (Å²) in [6.45, 7) is 0.822. The fourth-order valence-electron chi connectivity index (χ4n) is 1.51. The molecular formula is C11H11ClFN3. The first-order valence-electron chi connectivity index (χ1n) is 4.86. The summed E-state index contributed by atoms with van der Waals surface area (Å²) >= 11 is 5.86. The number of rotatable bonds is 3. The Morgan fingerprint density at radius 2 is 2.19 bits per heavy atom. The second-order valence-electron chi connectivity index (χ2n) is 3.40. The monoisotopic (exact) mass is 239 g/mol. The van der Waals surface area contributed by atoms with Gasteiger partial charge in [0.2, 0.25) is 0 Å². The van der Waals surface area contributed by atoms with Gasteiger partial charge in [-0.15, -0.1) is 0 Å². The van der Waals surface area contributed by atoms with Gasteiger partial charge in [0, 0.05) is 12.7 Å². The molecule has 0 radical (unpaired) electrons. The predicted molar refractivity (Wildman–Crippen MR) is 60.6 cm³/mol. The largest absolute Gasteiger partial charge is 0.325 e. The van der Waals surface area contributed by atoms with Crippen molar-refractivity contribution in [3.05, 3.63) is 52.6 Å². The lowest BCUT2D eigenvalue weighted by Crippen LogP contribution is -2.10. The highest BCUT2D eigenvalue weighted by Gasteiger charge is 2.08. The normalized spacial score (nSPS) is 10.7. The molecule has 0 saturated heterocycles. The van der Waals surface area contributed by atoms with E-state index in [0.29, 0.717) is 18.7 Å². The van der Waals surface area contributed by atoms with Crippen LogP contribution >= 0.6 is 11.6 Å². The van der Waals surface area contributed by atoms with Gasteiger partial charge in [0.1, 0.15) is 5.82 Å². The average Bonchev–Trinajstić information content (AvgIpc) is 2.72. The maximum absolute atomic E-state index is 13.2. The summed E-state index contributed by atoms with van der Waals surface area (Å²) in [7, 11) is 0. The van der Waals surface area contributed by atoms with Crippen molar-refractivity contribution in [2.45, 2.75) is 13.1 Å². The van der Waals surface area contributed by atoms with Crippen LogP contribution in [0.1, 0.15) is 11.3 Å². The number of benzene rings is 1. The van der Waals surface area contributed by atoms with E-state index < -0.39 is 5.82 Å². The van der Waals surface area contributed by atoms with Crippen molar-refractivity contribution >= 4 is 11.6 Å². The van der Waals surface area contributed by atoms with E-state index >= 15 is 0 Å². The highest BCUT2D eigenvalue weighted by molar-refractivity contribution is 6.31. The van der Waals surface area contributed by atoms with Gasteiger partial charge in [0.15, 0.2) is 0 Å². The summed E-state index contributed by atoms with van der Waals surface area (Å²) in [6.07, 6.45) is 1.66. The van der Waals surface area contributed by atoms with Gasteiger partial charge in [-0.2, -0.15) is 5.10 Å². The SMILES string of the molecule is NCc1ccnn1Cc1cccc(F)c1Cl. The fraction of sp³-hybridized carbons (Fsp3) is 0.182. The molecule has 2 N–H and O–H groups in total. The Morgan fingerprint density at radius 3 is 2.94 bits per heavy atom. The average molecular weight is 240 g/mol. The first-order valence-corrected chi connectivity index (χ1v) is 5.24. The topological polar surface area (TPSA) is 43.8 Å². The minimum Gasteiger partial charge on any atom is -0.325 e. The van der Waals surface area contributed by atoms with Crippen LogP contribution in [0, 0.1) is 5.82 Å². The maximum atomic E-state index is 13.2. The van der Waals surface area contributed by atoms with E-state index in [1.165, 1.54) is 6.07 Å². The zero-order valence-electron chi connectivity index (χ0n) is 8.53. The standard InChI is InChI=1S/C11H11ClFN3/c12-11-8(2-1-3-10(11)13)7-16-9(6-14)4-5-15-16/h1-5H,6-7,14H2. The van der Waals surface area contributed by atoms with Gasteiger partial charge in [-0.3, -0.25) is 4.68 Å². The summed E-state index contributed by atoms with van der Waals surface area (Å²) in [6, 6.07) is 6.56. The smallest absolute Gasteiger partial charge is 0.142 e. The molecule has 3 nitrogen and oxygen atoms in total. The lowest BCUT2D eigenvalue weighted by molar-refractivity contribution is 0.613. The van der Waals surface area contributed by atoms with E-state index in [4.69, 9.17) is 17.3 Å². The van der Waals surface area contributed by atoms with Crippen molar-refractivity contribution in [3.63, 3.8) is 0 Å². The van der Waals surface area contributed by atoms with Gasteiger partial charge in [-0.1, -0.05) is 23.7 Å². The summed E-state index contributed by atoms with van der Waals surface area (Å²) in [5.74, 6) is -0.416. The van der Waals surface area contributed by atoms with Gasteiger partial charge in [-0.25, -0.2) is 4.39 Å². The lowest BCUT2D eigenvalue weighted by atomic mass is 10.2. The molecule has 0 spiro atoms. The number of nitrogens with zero attached hydrogens (tertiary/aromatic N) is 2. The fourth-order valence-corrected chi connectivity index (χ4v) is 1.69. The Labute approximate surface area is 97.6 Å². The van der Waals surface area contributed by atoms with Gasteiger partial charge < -0.3 is 5.73 Å². The van der Waals surface area contributed by atoms with Crippen LogP contribution in [-0.4, -0.2) is 9.78 Å². The molecule has 0 atom stereocenters. The number of hydrogen-bond acceptors (Lipinski definition) is 2. The molecule has 16 heavy (non-hydrogen) atoms. The van der Waals surface area contributed by atoms with Crippen molar-refractivity contribution in [2.75, 3.05) is 0 Å². The summed E-state index contributed by atoms with van der Waals surface area (Å²) < 4.78 is 14.9. The Balaban J connectivity index is 2.30. The third-order valence-electron chi connectivity index (χ3n) is 2.37. The van der Waals surface area contributed by atoms with Crippen LogP contribution in [0.2, 0.25) is 5.02 Å². The van der Waals surface area contributed by atoms with E-state index in [0.717, 1.165) is 5.69 Å². The molecule has 84 valence electrons. The first kappa shape index (κ1) is 11.1. The van der Waals surface area contributed by atoms with Crippen molar-refractivity contribution < 1.29 is 4.39 Å². The first-order chi connectivity index (χ1) is 7.72. The van der Waals surface area contributed by atoms with Gasteiger partial charge >= 0.3 is 0 Å². The molecule has 0 unspecified atom stereocenters. The van der Waals surface area contributed by atoms with Crippen LogP contribution in [0.4, 0.5) is 4.39 Å². The molecule has 0 amide bonds. The Morgan fingerprint density at radius 1 is 1.38 bits per heavy atom. The number of hydrogen-bond donors (Lipinski definition) is 1. The molecular weight excluding hydrogens is 229 g/mol. The molecule has 2 rings (SSSR count). The van der Waals surface area contributed by atoms with Crippen LogP contribution in [-0.2, 0) is 13.1 Å². The van der Waals surface area contributed by atoms with Crippen molar-refractivity contribution in [1.29, 1.82) is 0 Å². The molecule has 1 aromatic carbocycles. The third-order valence-corrected chi connectivity index (χ3v) is 2.79. The molecule has 1 heterocycles. The summed E-state index contributed by atoms with van der Waals surface area (Å²) in [5.41, 5.74) is 7.13. The Bertz CT molecular complexity index is 496. The molecule has 0 aliphatic rings. The van der Waals surface area contributed by atoms with Crippen LogP contribution in [0.25, 0.3) is 0 Å². The van der Waals surface area contributed by atoms with Crippen LogP contribution in [0.15, 0.2) is 30.5 Å². The molecule has 1 aromatic heterocycles. The van der Waals surface area contributed by atoms with Crippen molar-refractivity contribution in [1.82, 2.24) is 9.78 Å². The van der Waals surface area contributed by atoms with Crippen molar-refractivity contribution in [2.24, 2.45) is 5.73 Å². The maximum Gasteiger partial charge on any atom is 0.142 e. The third kappa shape index (κ3) is 2.08. The molecule has 0 aliphatic carbocycles. The van der Waals surface area contributed by atoms with Crippen LogP contribution in [0.3, 0.4) is 0 Å². The van der Waals surface area contributed by atoms with E-state index in [1.54, 1.807) is 23.0 Å². The predicted octanol–water partition coefficient (Wildman–Crippen LogP) is 2.18. The number of halogens is 2. The molecule has 0 saturated carbocycles. The minimum absolute atomic E-state index is 0.140. The van der Waals surface area contributed by atoms with Gasteiger partial charge in [-0.05, 0) is 17.7 Å². The number of nitrogens with two attached hydrogens (primary N) is 1. The zero-order chi connectivity index (χ0) is 11.5. The molecule has 0 fully saturated rings. The minimum atomic E-state index is -0.416. The van der Waals surface area contributed by atoms with Gasteiger partial charge in [0.05, 0.1) is 17.3 Å². The second-order valence-corrected chi connectivity index (χ2v) is 3.78. The quantitative estimate of drug-likeness (QED) is 0.892. The Hall–Kier alpha value is -1.39. The van der Waals surface area contributed by atoms with E-state index in [2.05, 4.69) is 5.10 Å². The van der Waals surface area contributed by atoms with Gasteiger partial charge in [0.25, 0.3) is 0 Å². The Kier molecular flexibility index (Phi) is 3.22. The molecule has 0 aliphatic heterocycles. The molecule has 0 bridgehead atoms. The highest BCUT2D eigenvalue weighted by Crippen LogP contribution is 2.20. The van der Waals surface area contributed by atoms with Crippen LogP contribution < -0.4 is 5.73 Å². The van der Waals surface area contributed by atoms with Crippen LogP contribution in [0.5, 0.6) is 0 Å². The summed E-state index contributed by atoms with van der Waals surface area (Å²) in [5, 5.41) is 4.25. The van der Waals surface area contributed by atoms with E-state index in [9.17, 15) is 4.39 Å². The van der Waals surface area contributed by atoms with E-state index in [1.807, 2.05) is 6.07 Å². The second kappa shape index (κ2) is 4.63. The van der Waals surface area contributed by atoms with E-state index in [-0.39, 0.29) is 5.02 Å². The molecule has 5 heteroatoms. The lowest BCUT2D eigenvalue weighted by Gasteiger charge is -2.08. The highest BCUT2D eigenvalue weighted by atomic mass is 35.5. The van der Waals surface area contributed by atoms with Crippen molar-refractivity contribution in [3.8, 4) is 0 Å². The number of aromatic nitrogens is 2. The zero-order valence-corrected chi connectivity index (χ0v) is 9.28.